The molecule has 1 aromatic carbocycles. The van der Waals surface area contributed by atoms with Crippen LogP contribution in [0.2, 0.25) is 0 Å². The summed E-state index contributed by atoms with van der Waals surface area (Å²) in [5.74, 6) is 1.72. The minimum atomic E-state index is 0.343. The van der Waals surface area contributed by atoms with Gasteiger partial charge in [0, 0.05) is 25.8 Å². The topological polar surface area (TPSA) is 21.7 Å². The Hall–Kier alpha value is -1.38. The maximum absolute atomic E-state index is 5.34. The summed E-state index contributed by atoms with van der Waals surface area (Å²) < 4.78 is 10.7. The zero-order valence-corrected chi connectivity index (χ0v) is 8.83. The standard InChI is InChI=1S/C11H15NO2/c1-4-8-5-10-11(14-7-13-10)6-9(8)12(2)3/h5-6H,4,7H2,1-3H3. The zero-order chi connectivity index (χ0) is 10.1. The second-order valence-electron chi connectivity index (χ2n) is 3.58. The van der Waals surface area contributed by atoms with E-state index in [0.29, 0.717) is 6.79 Å². The number of anilines is 1. The van der Waals surface area contributed by atoms with Crippen LogP contribution in [-0.2, 0) is 6.42 Å². The number of benzene rings is 1. The van der Waals surface area contributed by atoms with E-state index in [4.69, 9.17) is 9.47 Å². The summed E-state index contributed by atoms with van der Waals surface area (Å²) in [5.41, 5.74) is 2.50. The predicted octanol–water partition coefficient (Wildman–Crippen LogP) is 2.04. The van der Waals surface area contributed by atoms with Gasteiger partial charge in [0.1, 0.15) is 0 Å². The average Bonchev–Trinajstić information content (AvgIpc) is 2.62. The molecule has 0 fully saturated rings. The van der Waals surface area contributed by atoms with E-state index in [1.807, 2.05) is 20.2 Å². The molecule has 0 aliphatic carbocycles. The molecule has 1 aliphatic heterocycles. The highest BCUT2D eigenvalue weighted by Gasteiger charge is 2.17. The largest absolute Gasteiger partial charge is 0.454 e. The van der Waals surface area contributed by atoms with Gasteiger partial charge in [-0.3, -0.25) is 0 Å². The Kier molecular flexibility index (Phi) is 2.23. The molecule has 0 spiro atoms. The summed E-state index contributed by atoms with van der Waals surface area (Å²) in [7, 11) is 4.08. The lowest BCUT2D eigenvalue weighted by Crippen LogP contribution is -2.10. The van der Waals surface area contributed by atoms with Gasteiger partial charge < -0.3 is 14.4 Å². The quantitative estimate of drug-likeness (QED) is 0.717. The number of hydrogen-bond donors (Lipinski definition) is 0. The van der Waals surface area contributed by atoms with Gasteiger partial charge in [0.05, 0.1) is 0 Å². The highest BCUT2D eigenvalue weighted by atomic mass is 16.7. The maximum Gasteiger partial charge on any atom is 0.231 e. The van der Waals surface area contributed by atoms with Gasteiger partial charge in [-0.1, -0.05) is 6.92 Å². The number of rotatable bonds is 2. The molecule has 2 rings (SSSR count). The molecule has 0 saturated carbocycles. The first-order valence-electron chi connectivity index (χ1n) is 4.82. The Morgan fingerprint density at radius 3 is 2.43 bits per heavy atom. The third kappa shape index (κ3) is 1.39. The van der Waals surface area contributed by atoms with Crippen molar-refractivity contribution < 1.29 is 9.47 Å². The molecule has 1 aliphatic rings. The molecule has 0 unspecified atom stereocenters. The number of hydrogen-bond acceptors (Lipinski definition) is 3. The monoisotopic (exact) mass is 193 g/mol. The lowest BCUT2D eigenvalue weighted by Gasteiger charge is -2.17. The van der Waals surface area contributed by atoms with Crippen LogP contribution in [0.1, 0.15) is 12.5 Å². The van der Waals surface area contributed by atoms with E-state index in [1.54, 1.807) is 0 Å². The summed E-state index contributed by atoms with van der Waals surface area (Å²) in [6.07, 6.45) is 1.00. The summed E-state index contributed by atoms with van der Waals surface area (Å²) >= 11 is 0. The molecule has 0 saturated heterocycles. The minimum Gasteiger partial charge on any atom is -0.454 e. The van der Waals surface area contributed by atoms with E-state index < -0.39 is 0 Å². The zero-order valence-electron chi connectivity index (χ0n) is 8.83. The molecule has 3 nitrogen and oxygen atoms in total. The van der Waals surface area contributed by atoms with Crippen molar-refractivity contribution in [2.75, 3.05) is 25.8 Å². The Balaban J connectivity index is 2.49. The van der Waals surface area contributed by atoms with Crippen LogP contribution in [0.25, 0.3) is 0 Å². The van der Waals surface area contributed by atoms with Crippen LogP contribution in [0.15, 0.2) is 12.1 Å². The fourth-order valence-electron chi connectivity index (χ4n) is 1.67. The molecular formula is C11H15NO2. The van der Waals surface area contributed by atoms with E-state index >= 15 is 0 Å². The fraction of sp³-hybridized carbons (Fsp3) is 0.455. The van der Waals surface area contributed by atoms with Crippen LogP contribution >= 0.6 is 0 Å². The third-order valence-electron chi connectivity index (χ3n) is 2.44. The summed E-state index contributed by atoms with van der Waals surface area (Å²) in [6, 6.07) is 4.11. The Morgan fingerprint density at radius 1 is 1.21 bits per heavy atom. The van der Waals surface area contributed by atoms with E-state index in [-0.39, 0.29) is 0 Å². The van der Waals surface area contributed by atoms with Gasteiger partial charge in [-0.25, -0.2) is 0 Å². The molecule has 1 heterocycles. The second kappa shape index (κ2) is 3.40. The summed E-state index contributed by atoms with van der Waals surface area (Å²) in [5, 5.41) is 0. The first kappa shape index (κ1) is 9.19. The summed E-state index contributed by atoms with van der Waals surface area (Å²) in [4.78, 5) is 2.10. The molecule has 0 bridgehead atoms. The van der Waals surface area contributed by atoms with Crippen LogP contribution < -0.4 is 14.4 Å². The molecule has 0 N–H and O–H groups in total. The van der Waals surface area contributed by atoms with Crippen molar-refractivity contribution in [2.45, 2.75) is 13.3 Å². The van der Waals surface area contributed by atoms with Crippen LogP contribution in [0, 0.1) is 0 Å². The minimum absolute atomic E-state index is 0.343. The van der Waals surface area contributed by atoms with E-state index in [0.717, 1.165) is 17.9 Å². The highest BCUT2D eigenvalue weighted by Crippen LogP contribution is 2.37. The lowest BCUT2D eigenvalue weighted by atomic mass is 10.1. The maximum atomic E-state index is 5.34. The molecule has 3 heteroatoms. The van der Waals surface area contributed by atoms with Gasteiger partial charge in [0.2, 0.25) is 6.79 Å². The normalized spacial score (nSPS) is 13.1. The molecule has 76 valence electrons. The Bertz CT molecular complexity index is 347. The number of fused-ring (bicyclic) bond motifs is 1. The van der Waals surface area contributed by atoms with Gasteiger partial charge in [-0.15, -0.1) is 0 Å². The van der Waals surface area contributed by atoms with Gasteiger partial charge in [0.25, 0.3) is 0 Å². The van der Waals surface area contributed by atoms with Crippen molar-refractivity contribution in [1.82, 2.24) is 0 Å². The van der Waals surface area contributed by atoms with Gasteiger partial charge >= 0.3 is 0 Å². The number of ether oxygens (including phenoxy) is 2. The van der Waals surface area contributed by atoms with Crippen molar-refractivity contribution in [3.05, 3.63) is 17.7 Å². The molecule has 1 aromatic rings. The van der Waals surface area contributed by atoms with Gasteiger partial charge in [-0.2, -0.15) is 0 Å². The molecule has 0 atom stereocenters. The van der Waals surface area contributed by atoms with E-state index in [9.17, 15) is 0 Å². The first-order chi connectivity index (χ1) is 6.72. The van der Waals surface area contributed by atoms with Crippen molar-refractivity contribution in [1.29, 1.82) is 0 Å². The van der Waals surface area contributed by atoms with Crippen LogP contribution in [0.4, 0.5) is 5.69 Å². The van der Waals surface area contributed by atoms with Gasteiger partial charge in [-0.05, 0) is 18.1 Å². The number of aryl methyl sites for hydroxylation is 1. The second-order valence-corrected chi connectivity index (χ2v) is 3.58. The van der Waals surface area contributed by atoms with Gasteiger partial charge in [0.15, 0.2) is 11.5 Å². The van der Waals surface area contributed by atoms with Crippen LogP contribution in [0.3, 0.4) is 0 Å². The lowest BCUT2D eigenvalue weighted by molar-refractivity contribution is 0.174. The fourth-order valence-corrected chi connectivity index (χ4v) is 1.67. The average molecular weight is 193 g/mol. The molecule has 0 radical (unpaired) electrons. The first-order valence-corrected chi connectivity index (χ1v) is 4.82. The summed E-state index contributed by atoms with van der Waals surface area (Å²) in [6.45, 7) is 2.49. The highest BCUT2D eigenvalue weighted by molar-refractivity contribution is 5.62. The predicted molar refractivity (Wildman–Crippen MR) is 56.3 cm³/mol. The molecular weight excluding hydrogens is 178 g/mol. The van der Waals surface area contributed by atoms with Crippen molar-refractivity contribution in [3.8, 4) is 11.5 Å². The van der Waals surface area contributed by atoms with Crippen LogP contribution in [0.5, 0.6) is 11.5 Å². The molecule has 0 amide bonds. The Labute approximate surface area is 84.2 Å². The van der Waals surface area contributed by atoms with Crippen molar-refractivity contribution in [3.63, 3.8) is 0 Å². The van der Waals surface area contributed by atoms with E-state index in [1.165, 1.54) is 11.3 Å². The molecule has 0 aromatic heterocycles. The van der Waals surface area contributed by atoms with E-state index in [2.05, 4.69) is 17.9 Å². The number of nitrogens with zero attached hydrogens (tertiary/aromatic N) is 1. The molecule has 14 heavy (non-hydrogen) atoms. The third-order valence-corrected chi connectivity index (χ3v) is 2.44. The smallest absolute Gasteiger partial charge is 0.231 e. The van der Waals surface area contributed by atoms with Crippen molar-refractivity contribution >= 4 is 5.69 Å². The van der Waals surface area contributed by atoms with Crippen LogP contribution in [-0.4, -0.2) is 20.9 Å². The SMILES string of the molecule is CCc1cc2c(cc1N(C)C)OCO2. The van der Waals surface area contributed by atoms with Crippen molar-refractivity contribution in [2.24, 2.45) is 0 Å². The Morgan fingerprint density at radius 2 is 1.86 bits per heavy atom.